The number of aryl methyl sites for hydroxylation is 1. The molecule has 0 atom stereocenters. The zero-order valence-corrected chi connectivity index (χ0v) is 8.45. The van der Waals surface area contributed by atoms with Gasteiger partial charge in [0.2, 0.25) is 0 Å². The molecule has 0 fully saturated rings. The molecule has 0 unspecified atom stereocenters. The first-order valence-corrected chi connectivity index (χ1v) is 4.74. The molecule has 0 N–H and O–H groups in total. The fourth-order valence-electron chi connectivity index (χ4n) is 1.56. The summed E-state index contributed by atoms with van der Waals surface area (Å²) in [5, 5.41) is 0. The average molecular weight is 187 g/mol. The molecule has 0 spiro atoms. The van der Waals surface area contributed by atoms with Crippen molar-refractivity contribution in [3.63, 3.8) is 0 Å². The number of anilines is 1. The Kier molecular flexibility index (Phi) is 2.12. The third-order valence-corrected chi connectivity index (χ3v) is 2.51. The predicted molar refractivity (Wildman–Crippen MR) is 57.3 cm³/mol. The van der Waals surface area contributed by atoms with Crippen LogP contribution in [0.1, 0.15) is 12.5 Å². The molecule has 0 saturated heterocycles. The highest BCUT2D eigenvalue weighted by Crippen LogP contribution is 2.21. The first-order valence-electron chi connectivity index (χ1n) is 4.74. The van der Waals surface area contributed by atoms with Crippen molar-refractivity contribution < 1.29 is 4.79 Å². The molecular weight excluding hydrogens is 174 g/mol. The number of nitrogens with zero attached hydrogens (tertiary/aromatic N) is 1. The van der Waals surface area contributed by atoms with Gasteiger partial charge < -0.3 is 4.90 Å². The van der Waals surface area contributed by atoms with Gasteiger partial charge in [0.25, 0.3) is 5.91 Å². The van der Waals surface area contributed by atoms with Gasteiger partial charge in [-0.15, -0.1) is 0 Å². The maximum Gasteiger partial charge on any atom is 0.253 e. The van der Waals surface area contributed by atoms with Crippen LogP contribution in [0.25, 0.3) is 0 Å². The van der Waals surface area contributed by atoms with Gasteiger partial charge in [0.05, 0.1) is 0 Å². The average Bonchev–Trinajstić information content (AvgIpc) is 2.50. The highest BCUT2D eigenvalue weighted by atomic mass is 16.2. The second-order valence-corrected chi connectivity index (χ2v) is 3.64. The van der Waals surface area contributed by atoms with E-state index in [4.69, 9.17) is 0 Å². The summed E-state index contributed by atoms with van der Waals surface area (Å²) in [5.41, 5.74) is 3.03. The molecule has 1 aromatic rings. The third kappa shape index (κ3) is 1.43. The Bertz CT molecular complexity index is 389. The molecule has 0 radical (unpaired) electrons. The molecule has 14 heavy (non-hydrogen) atoms. The molecule has 0 saturated carbocycles. The van der Waals surface area contributed by atoms with Gasteiger partial charge in [-0.3, -0.25) is 4.79 Å². The second-order valence-electron chi connectivity index (χ2n) is 3.64. The zero-order valence-electron chi connectivity index (χ0n) is 8.45. The summed E-state index contributed by atoms with van der Waals surface area (Å²) in [6, 6.07) is 8.02. The molecule has 2 heteroatoms. The molecule has 1 amide bonds. The van der Waals surface area contributed by atoms with E-state index in [-0.39, 0.29) is 5.91 Å². The van der Waals surface area contributed by atoms with Gasteiger partial charge in [-0.1, -0.05) is 23.8 Å². The van der Waals surface area contributed by atoms with Gasteiger partial charge in [-0.2, -0.15) is 0 Å². The van der Waals surface area contributed by atoms with Gasteiger partial charge in [0.1, 0.15) is 0 Å². The largest absolute Gasteiger partial charge is 0.305 e. The lowest BCUT2D eigenvalue weighted by molar-refractivity contribution is -0.114. The van der Waals surface area contributed by atoms with Crippen LogP contribution < -0.4 is 4.90 Å². The predicted octanol–water partition coefficient (Wildman–Crippen LogP) is 2.29. The molecule has 72 valence electrons. The Hall–Kier alpha value is -1.57. The van der Waals surface area contributed by atoms with Gasteiger partial charge in [0, 0.05) is 17.8 Å². The van der Waals surface area contributed by atoms with Crippen molar-refractivity contribution in [1.82, 2.24) is 0 Å². The van der Waals surface area contributed by atoms with Crippen LogP contribution in [0.2, 0.25) is 0 Å². The topological polar surface area (TPSA) is 20.3 Å². The molecule has 0 aliphatic carbocycles. The summed E-state index contributed by atoms with van der Waals surface area (Å²) in [5.74, 6) is 0.119. The minimum absolute atomic E-state index is 0.119. The van der Waals surface area contributed by atoms with Gasteiger partial charge in [0.15, 0.2) is 0 Å². The Balaban J connectivity index is 2.26. The van der Waals surface area contributed by atoms with Crippen molar-refractivity contribution >= 4 is 11.6 Å². The van der Waals surface area contributed by atoms with E-state index < -0.39 is 0 Å². The second kappa shape index (κ2) is 3.29. The highest BCUT2D eigenvalue weighted by Gasteiger charge is 2.21. The fourth-order valence-corrected chi connectivity index (χ4v) is 1.56. The van der Waals surface area contributed by atoms with E-state index in [0.717, 1.165) is 11.3 Å². The Morgan fingerprint density at radius 3 is 2.29 bits per heavy atom. The van der Waals surface area contributed by atoms with Crippen LogP contribution in [0, 0.1) is 6.92 Å². The minimum atomic E-state index is 0.119. The Morgan fingerprint density at radius 2 is 1.79 bits per heavy atom. The SMILES string of the molecule is CC1=CCN(c2ccc(C)cc2)C1=O. The van der Waals surface area contributed by atoms with Crippen molar-refractivity contribution in [2.24, 2.45) is 0 Å². The fraction of sp³-hybridized carbons (Fsp3) is 0.250. The maximum absolute atomic E-state index is 11.6. The number of carbonyl (C=O) groups excluding carboxylic acids is 1. The van der Waals surface area contributed by atoms with Crippen LogP contribution in [-0.2, 0) is 4.79 Å². The summed E-state index contributed by atoms with van der Waals surface area (Å²) in [4.78, 5) is 13.4. The van der Waals surface area contributed by atoms with E-state index in [1.54, 1.807) is 4.90 Å². The third-order valence-electron chi connectivity index (χ3n) is 2.51. The van der Waals surface area contributed by atoms with E-state index in [2.05, 4.69) is 0 Å². The molecule has 0 aromatic heterocycles. The number of benzene rings is 1. The highest BCUT2D eigenvalue weighted by molar-refractivity contribution is 6.07. The lowest BCUT2D eigenvalue weighted by Crippen LogP contribution is -2.25. The van der Waals surface area contributed by atoms with E-state index in [1.165, 1.54) is 5.56 Å². The van der Waals surface area contributed by atoms with Crippen LogP contribution in [0.3, 0.4) is 0 Å². The smallest absolute Gasteiger partial charge is 0.253 e. The zero-order chi connectivity index (χ0) is 10.1. The molecule has 2 rings (SSSR count). The Labute approximate surface area is 83.8 Å². The minimum Gasteiger partial charge on any atom is -0.305 e. The van der Waals surface area contributed by atoms with Crippen LogP contribution >= 0.6 is 0 Å². The number of amides is 1. The molecule has 0 bridgehead atoms. The van der Waals surface area contributed by atoms with Crippen molar-refractivity contribution in [2.45, 2.75) is 13.8 Å². The molecule has 1 aliphatic heterocycles. The van der Waals surface area contributed by atoms with Crippen molar-refractivity contribution in [1.29, 1.82) is 0 Å². The molecule has 2 nitrogen and oxygen atoms in total. The van der Waals surface area contributed by atoms with Gasteiger partial charge in [-0.05, 0) is 26.0 Å². The standard InChI is InChI=1S/C12H13NO/c1-9-3-5-11(6-4-9)13-8-7-10(2)12(13)14/h3-7H,8H2,1-2H3. The van der Waals surface area contributed by atoms with E-state index in [1.807, 2.05) is 44.2 Å². The number of hydrogen-bond donors (Lipinski definition) is 0. The van der Waals surface area contributed by atoms with E-state index in [9.17, 15) is 4.79 Å². The van der Waals surface area contributed by atoms with E-state index in [0.29, 0.717) is 6.54 Å². The van der Waals surface area contributed by atoms with Crippen LogP contribution in [0.4, 0.5) is 5.69 Å². The summed E-state index contributed by atoms with van der Waals surface area (Å²) >= 11 is 0. The molecule has 1 aromatic carbocycles. The summed E-state index contributed by atoms with van der Waals surface area (Å²) in [6.07, 6.45) is 1.96. The van der Waals surface area contributed by atoms with Crippen molar-refractivity contribution in [3.8, 4) is 0 Å². The molecule has 1 heterocycles. The number of rotatable bonds is 1. The monoisotopic (exact) mass is 187 g/mol. The lowest BCUT2D eigenvalue weighted by atomic mass is 10.2. The first kappa shape index (κ1) is 9.00. The number of hydrogen-bond acceptors (Lipinski definition) is 1. The summed E-state index contributed by atoms with van der Waals surface area (Å²) < 4.78 is 0. The lowest BCUT2D eigenvalue weighted by Gasteiger charge is -2.16. The van der Waals surface area contributed by atoms with Gasteiger partial charge >= 0.3 is 0 Å². The van der Waals surface area contributed by atoms with Crippen LogP contribution in [0.15, 0.2) is 35.9 Å². The molecule has 1 aliphatic rings. The van der Waals surface area contributed by atoms with Crippen molar-refractivity contribution in [3.05, 3.63) is 41.5 Å². The van der Waals surface area contributed by atoms with Crippen LogP contribution in [0.5, 0.6) is 0 Å². The van der Waals surface area contributed by atoms with Crippen molar-refractivity contribution in [2.75, 3.05) is 11.4 Å². The maximum atomic E-state index is 11.6. The van der Waals surface area contributed by atoms with E-state index >= 15 is 0 Å². The van der Waals surface area contributed by atoms with Crippen LogP contribution in [-0.4, -0.2) is 12.5 Å². The Morgan fingerprint density at radius 1 is 1.14 bits per heavy atom. The summed E-state index contributed by atoms with van der Waals surface area (Å²) in [6.45, 7) is 4.60. The summed E-state index contributed by atoms with van der Waals surface area (Å²) in [7, 11) is 0. The first-order chi connectivity index (χ1) is 6.68. The molecular formula is C12H13NO. The quantitative estimate of drug-likeness (QED) is 0.660. The van der Waals surface area contributed by atoms with Gasteiger partial charge in [-0.25, -0.2) is 0 Å². The normalized spacial score (nSPS) is 16.0. The number of carbonyl (C=O) groups is 1.